The van der Waals surface area contributed by atoms with Crippen LogP contribution in [0.1, 0.15) is 5.56 Å². The van der Waals surface area contributed by atoms with E-state index in [2.05, 4.69) is 20.4 Å². The van der Waals surface area contributed by atoms with Gasteiger partial charge in [-0.3, -0.25) is 9.80 Å². The molecule has 3 saturated heterocycles. The van der Waals surface area contributed by atoms with Gasteiger partial charge in [0.05, 0.1) is 0 Å². The van der Waals surface area contributed by atoms with E-state index in [0.717, 1.165) is 38.3 Å². The maximum atomic E-state index is 12.8. The van der Waals surface area contributed by atoms with Crippen LogP contribution in [0.3, 0.4) is 0 Å². The van der Waals surface area contributed by atoms with Crippen molar-refractivity contribution in [2.45, 2.75) is 12.6 Å². The molecular weight excluding hydrogens is 271 g/mol. The maximum Gasteiger partial charge on any atom is 0.315 e. The molecule has 1 aromatic carbocycles. The Morgan fingerprint density at radius 1 is 1.14 bits per heavy atom. The van der Waals surface area contributed by atoms with Crippen molar-refractivity contribution in [3.8, 4) is 0 Å². The van der Waals surface area contributed by atoms with Crippen LogP contribution in [0.5, 0.6) is 0 Å². The zero-order valence-electron chi connectivity index (χ0n) is 12.0. The minimum absolute atomic E-state index is 0.169. The summed E-state index contributed by atoms with van der Waals surface area (Å²) in [5.41, 5.74) is 0.887. The number of nitrogens with zero attached hydrogens (tertiary/aromatic N) is 2. The van der Waals surface area contributed by atoms with Crippen molar-refractivity contribution in [1.29, 1.82) is 0 Å². The highest BCUT2D eigenvalue weighted by atomic mass is 19.1. The molecule has 5 nitrogen and oxygen atoms in total. The van der Waals surface area contributed by atoms with Crippen LogP contribution in [0, 0.1) is 5.82 Å². The number of urea groups is 1. The molecule has 0 spiro atoms. The second kappa shape index (κ2) is 6.41. The van der Waals surface area contributed by atoms with Crippen LogP contribution in [0.2, 0.25) is 0 Å². The number of hydrogen-bond acceptors (Lipinski definition) is 3. The third-order valence-electron chi connectivity index (χ3n) is 4.26. The number of hydrogen-bond donors (Lipinski definition) is 2. The number of rotatable bonds is 4. The van der Waals surface area contributed by atoms with Crippen LogP contribution in [0.4, 0.5) is 9.18 Å². The van der Waals surface area contributed by atoms with Gasteiger partial charge in [-0.2, -0.15) is 0 Å². The number of nitrogens with one attached hydrogen (secondary N) is 2. The first-order valence-corrected chi connectivity index (χ1v) is 7.43. The van der Waals surface area contributed by atoms with E-state index in [4.69, 9.17) is 0 Å². The molecule has 114 valence electrons. The van der Waals surface area contributed by atoms with E-state index in [-0.39, 0.29) is 11.8 Å². The van der Waals surface area contributed by atoms with Crippen molar-refractivity contribution in [2.75, 3.05) is 39.3 Å². The summed E-state index contributed by atoms with van der Waals surface area (Å²) in [7, 11) is 0. The molecule has 0 radical (unpaired) electrons. The highest BCUT2D eigenvalue weighted by molar-refractivity contribution is 5.73. The molecule has 2 bridgehead atoms. The molecule has 1 unspecified atom stereocenters. The summed E-state index contributed by atoms with van der Waals surface area (Å²) in [6, 6.07) is 6.40. The van der Waals surface area contributed by atoms with E-state index >= 15 is 0 Å². The van der Waals surface area contributed by atoms with Gasteiger partial charge in [-0.1, -0.05) is 12.1 Å². The lowest BCUT2D eigenvalue weighted by atomic mass is 10.1. The lowest BCUT2D eigenvalue weighted by Gasteiger charge is -2.47. The first-order chi connectivity index (χ1) is 10.2. The zero-order chi connectivity index (χ0) is 14.7. The number of piperazine rings is 3. The van der Waals surface area contributed by atoms with Crippen molar-refractivity contribution >= 4 is 6.03 Å². The van der Waals surface area contributed by atoms with Crippen LogP contribution in [-0.2, 0) is 6.54 Å². The summed E-state index contributed by atoms with van der Waals surface area (Å²) in [6.45, 7) is 6.62. The van der Waals surface area contributed by atoms with Gasteiger partial charge in [0.2, 0.25) is 0 Å². The molecule has 4 rings (SSSR count). The van der Waals surface area contributed by atoms with Gasteiger partial charge in [0.15, 0.2) is 0 Å². The standard InChI is InChI=1S/C15H21FN4O/c16-13-3-1-12(2-4-13)9-17-15(21)18-10-14-11-19-5-7-20(14)8-6-19/h1-4,14H,5-11H2,(H2,17,18,21). The van der Waals surface area contributed by atoms with Crippen molar-refractivity contribution in [2.24, 2.45) is 0 Å². The molecular formula is C15H21FN4O. The Morgan fingerprint density at radius 3 is 2.48 bits per heavy atom. The maximum absolute atomic E-state index is 12.8. The Bertz CT molecular complexity index is 485. The van der Waals surface area contributed by atoms with Crippen molar-refractivity contribution in [3.05, 3.63) is 35.6 Å². The summed E-state index contributed by atoms with van der Waals surface area (Å²) < 4.78 is 12.8. The second-order valence-electron chi connectivity index (χ2n) is 5.68. The molecule has 3 aliphatic rings. The van der Waals surface area contributed by atoms with Crippen LogP contribution >= 0.6 is 0 Å². The molecule has 0 saturated carbocycles. The first-order valence-electron chi connectivity index (χ1n) is 7.43. The SMILES string of the molecule is O=C(NCc1ccc(F)cc1)NCC1CN2CCN1CC2. The predicted octanol–water partition coefficient (Wildman–Crippen LogP) is 0.625. The van der Waals surface area contributed by atoms with Crippen molar-refractivity contribution in [3.63, 3.8) is 0 Å². The molecule has 0 aliphatic carbocycles. The Hall–Kier alpha value is -1.66. The summed E-state index contributed by atoms with van der Waals surface area (Å²) >= 11 is 0. The fourth-order valence-corrected chi connectivity index (χ4v) is 2.98. The molecule has 1 atom stereocenters. The summed E-state index contributed by atoms with van der Waals surface area (Å²) in [5, 5.41) is 5.72. The average molecular weight is 292 g/mol. The predicted molar refractivity (Wildman–Crippen MR) is 78.4 cm³/mol. The topological polar surface area (TPSA) is 47.6 Å². The molecule has 6 heteroatoms. The molecule has 0 aromatic heterocycles. The minimum Gasteiger partial charge on any atom is -0.337 e. The Kier molecular flexibility index (Phi) is 4.36. The molecule has 2 N–H and O–H groups in total. The highest BCUT2D eigenvalue weighted by Gasteiger charge is 2.31. The molecule has 3 heterocycles. The fourth-order valence-electron chi connectivity index (χ4n) is 2.98. The van der Waals surface area contributed by atoms with Gasteiger partial charge in [-0.25, -0.2) is 9.18 Å². The molecule has 3 aliphatic heterocycles. The van der Waals surface area contributed by atoms with Crippen LogP contribution in [-0.4, -0.2) is 61.1 Å². The van der Waals surface area contributed by atoms with E-state index in [1.165, 1.54) is 12.1 Å². The van der Waals surface area contributed by atoms with Gasteiger partial charge >= 0.3 is 6.03 Å². The number of carbonyl (C=O) groups excluding carboxylic acids is 1. The van der Waals surface area contributed by atoms with Gasteiger partial charge < -0.3 is 10.6 Å². The Morgan fingerprint density at radius 2 is 1.86 bits per heavy atom. The normalized spacial score (nSPS) is 27.4. The van der Waals surface area contributed by atoms with Crippen molar-refractivity contribution in [1.82, 2.24) is 20.4 Å². The van der Waals surface area contributed by atoms with E-state index in [9.17, 15) is 9.18 Å². The first kappa shape index (κ1) is 14.3. The van der Waals surface area contributed by atoms with E-state index in [0.29, 0.717) is 19.1 Å². The number of halogens is 1. The summed E-state index contributed by atoms with van der Waals surface area (Å²) in [4.78, 5) is 16.7. The average Bonchev–Trinajstić information content (AvgIpc) is 2.53. The van der Waals surface area contributed by atoms with Crippen molar-refractivity contribution < 1.29 is 9.18 Å². The lowest BCUT2D eigenvalue weighted by Crippen LogP contribution is -2.63. The van der Waals surface area contributed by atoms with Crippen LogP contribution in [0.15, 0.2) is 24.3 Å². The second-order valence-corrected chi connectivity index (χ2v) is 5.68. The van der Waals surface area contributed by atoms with Gasteiger partial charge in [-0.15, -0.1) is 0 Å². The molecule has 2 amide bonds. The van der Waals surface area contributed by atoms with Gasteiger partial charge in [-0.05, 0) is 17.7 Å². The zero-order valence-corrected chi connectivity index (χ0v) is 12.0. The van der Waals surface area contributed by atoms with Gasteiger partial charge in [0.25, 0.3) is 0 Å². The Balaban J connectivity index is 1.39. The van der Waals surface area contributed by atoms with E-state index in [1.807, 2.05) is 0 Å². The summed E-state index contributed by atoms with van der Waals surface area (Å²) in [5.74, 6) is -0.264. The highest BCUT2D eigenvalue weighted by Crippen LogP contribution is 2.14. The number of carbonyl (C=O) groups is 1. The third-order valence-corrected chi connectivity index (χ3v) is 4.26. The smallest absolute Gasteiger partial charge is 0.315 e. The quantitative estimate of drug-likeness (QED) is 0.855. The number of benzene rings is 1. The van der Waals surface area contributed by atoms with E-state index in [1.54, 1.807) is 12.1 Å². The van der Waals surface area contributed by atoms with Gasteiger partial charge in [0, 0.05) is 51.9 Å². The molecule has 21 heavy (non-hydrogen) atoms. The largest absolute Gasteiger partial charge is 0.337 e. The van der Waals surface area contributed by atoms with E-state index < -0.39 is 0 Å². The lowest BCUT2D eigenvalue weighted by molar-refractivity contribution is 0.0148. The number of fused-ring (bicyclic) bond motifs is 3. The monoisotopic (exact) mass is 292 g/mol. The third kappa shape index (κ3) is 3.71. The van der Waals surface area contributed by atoms with Crippen LogP contribution < -0.4 is 10.6 Å². The minimum atomic E-state index is -0.264. The van der Waals surface area contributed by atoms with Crippen LogP contribution in [0.25, 0.3) is 0 Å². The summed E-state index contributed by atoms with van der Waals surface area (Å²) in [6.07, 6.45) is 0. The van der Waals surface area contributed by atoms with Gasteiger partial charge in [0.1, 0.15) is 5.82 Å². The fraction of sp³-hybridized carbons (Fsp3) is 0.533. The number of amides is 2. The molecule has 1 aromatic rings. The Labute approximate surface area is 124 Å². The molecule has 3 fully saturated rings.